The molecule has 4 nitrogen and oxygen atoms in total. The van der Waals surface area contributed by atoms with Gasteiger partial charge < -0.3 is 9.29 Å². The van der Waals surface area contributed by atoms with Crippen molar-refractivity contribution in [1.82, 2.24) is 0 Å². The first-order valence-corrected chi connectivity index (χ1v) is 13.2. The van der Waals surface area contributed by atoms with Gasteiger partial charge >= 0.3 is 29.6 Å². The van der Waals surface area contributed by atoms with E-state index in [2.05, 4.69) is 13.0 Å². The average molecular weight is 469 g/mol. The van der Waals surface area contributed by atoms with E-state index < -0.39 is 10.1 Å². The van der Waals surface area contributed by atoms with Crippen LogP contribution in [0.5, 0.6) is 11.5 Å². The van der Waals surface area contributed by atoms with Crippen LogP contribution in [0.2, 0.25) is 0 Å². The number of aryl methyl sites for hydroxylation is 1. The van der Waals surface area contributed by atoms with Gasteiger partial charge in [0.1, 0.15) is 21.6 Å². The summed E-state index contributed by atoms with van der Waals surface area (Å²) in [7, 11) is -4.57. The van der Waals surface area contributed by atoms with Gasteiger partial charge in [-0.1, -0.05) is 102 Å². The van der Waals surface area contributed by atoms with Crippen LogP contribution >= 0.6 is 0 Å². The summed E-state index contributed by atoms with van der Waals surface area (Å²) in [4.78, 5) is -0.332. The van der Waals surface area contributed by atoms with Crippen LogP contribution in [0.4, 0.5) is 0 Å². The fourth-order valence-corrected chi connectivity index (χ4v) is 4.40. The molecule has 0 N–H and O–H groups in total. The van der Waals surface area contributed by atoms with Gasteiger partial charge in [-0.2, -0.15) is 0 Å². The van der Waals surface area contributed by atoms with Crippen molar-refractivity contribution in [2.24, 2.45) is 0 Å². The van der Waals surface area contributed by atoms with Crippen molar-refractivity contribution in [3.05, 3.63) is 54.1 Å². The van der Waals surface area contributed by atoms with Gasteiger partial charge in [-0.3, -0.25) is 0 Å². The van der Waals surface area contributed by atoms with Crippen molar-refractivity contribution in [3.63, 3.8) is 0 Å². The molecule has 0 spiro atoms. The first-order valence-electron chi connectivity index (χ1n) is 11.8. The minimum Gasteiger partial charge on any atom is -0.744 e. The molecular weight excluding hydrogens is 431 g/mol. The molecule has 0 aliphatic rings. The minimum absolute atomic E-state index is 0. The van der Waals surface area contributed by atoms with Crippen molar-refractivity contribution in [3.8, 4) is 11.5 Å². The fourth-order valence-electron chi connectivity index (χ4n) is 3.80. The Bertz CT molecular complexity index is 868. The molecule has 0 saturated heterocycles. The van der Waals surface area contributed by atoms with E-state index in [9.17, 15) is 13.0 Å². The summed E-state index contributed by atoms with van der Waals surface area (Å²) in [6, 6.07) is 13.6. The van der Waals surface area contributed by atoms with Gasteiger partial charge in [0.25, 0.3) is 0 Å². The Hall–Kier alpha value is -0.850. The van der Waals surface area contributed by atoms with Crippen molar-refractivity contribution >= 4 is 10.1 Å². The topological polar surface area (TPSA) is 66.4 Å². The van der Waals surface area contributed by atoms with Crippen molar-refractivity contribution in [1.29, 1.82) is 0 Å². The second-order valence-electron chi connectivity index (χ2n) is 8.29. The van der Waals surface area contributed by atoms with E-state index in [1.807, 2.05) is 12.1 Å². The SMILES string of the molecule is CCCCCCCCCCCCCCc1cccc(Oc2ccccc2S(=O)(=O)[O-])c1.[Na+]. The van der Waals surface area contributed by atoms with Crippen LogP contribution in [0.3, 0.4) is 0 Å². The summed E-state index contributed by atoms with van der Waals surface area (Å²) in [5, 5.41) is 0. The first-order chi connectivity index (χ1) is 15.0. The van der Waals surface area contributed by atoms with E-state index in [4.69, 9.17) is 4.74 Å². The van der Waals surface area contributed by atoms with Crippen molar-refractivity contribution in [2.75, 3.05) is 0 Å². The molecule has 0 aliphatic carbocycles. The van der Waals surface area contributed by atoms with E-state index in [0.717, 1.165) is 18.4 Å². The summed E-state index contributed by atoms with van der Waals surface area (Å²) in [5.41, 5.74) is 1.16. The molecule has 0 atom stereocenters. The van der Waals surface area contributed by atoms with Gasteiger partial charge in [-0.05, 0) is 42.7 Å². The fraction of sp³-hybridized carbons (Fsp3) is 0.538. The molecule has 2 aromatic rings. The number of ether oxygens (including phenoxy) is 1. The van der Waals surface area contributed by atoms with E-state index in [1.54, 1.807) is 12.1 Å². The quantitative estimate of drug-likeness (QED) is 0.205. The van der Waals surface area contributed by atoms with Crippen LogP contribution < -0.4 is 34.3 Å². The van der Waals surface area contributed by atoms with Crippen LogP contribution in [0.25, 0.3) is 0 Å². The summed E-state index contributed by atoms with van der Waals surface area (Å²) < 4.78 is 40.0. The summed E-state index contributed by atoms with van der Waals surface area (Å²) >= 11 is 0. The standard InChI is InChI=1S/C26H38O4S.Na/c1-2-3-4-5-6-7-8-9-10-11-12-13-17-23-18-16-19-24(22-23)30-25-20-14-15-21-26(25)31(27,28)29;/h14-16,18-22H,2-13,17H2,1H3,(H,27,28,29);/q;+1/p-1. The Kier molecular flexibility index (Phi) is 15.2. The van der Waals surface area contributed by atoms with Crippen LogP contribution in [-0.2, 0) is 16.5 Å². The zero-order valence-corrected chi connectivity index (χ0v) is 22.7. The largest absolute Gasteiger partial charge is 1.00 e. The van der Waals surface area contributed by atoms with Crippen molar-refractivity contribution in [2.45, 2.75) is 95.3 Å². The summed E-state index contributed by atoms with van der Waals surface area (Å²) in [6.07, 6.45) is 16.9. The smallest absolute Gasteiger partial charge is 0.744 e. The monoisotopic (exact) mass is 468 g/mol. The maximum absolute atomic E-state index is 11.4. The third-order valence-corrected chi connectivity index (χ3v) is 6.44. The predicted octanol–water partition coefficient (Wildman–Crippen LogP) is 4.63. The van der Waals surface area contributed by atoms with E-state index in [-0.39, 0.29) is 40.2 Å². The Morgan fingerprint density at radius 3 is 1.91 bits per heavy atom. The zero-order chi connectivity index (χ0) is 22.4. The van der Waals surface area contributed by atoms with Gasteiger partial charge in [0.05, 0.1) is 4.90 Å². The molecule has 32 heavy (non-hydrogen) atoms. The summed E-state index contributed by atoms with van der Waals surface area (Å²) in [5.74, 6) is 0.618. The summed E-state index contributed by atoms with van der Waals surface area (Å²) in [6.45, 7) is 2.26. The molecule has 0 amide bonds. The van der Waals surface area contributed by atoms with E-state index >= 15 is 0 Å². The number of unbranched alkanes of at least 4 members (excludes halogenated alkanes) is 11. The van der Waals surface area contributed by atoms with Crippen LogP contribution in [0.15, 0.2) is 53.4 Å². The Labute approximate surface area is 217 Å². The third kappa shape index (κ3) is 11.9. The van der Waals surface area contributed by atoms with Gasteiger partial charge in [-0.25, -0.2) is 8.42 Å². The van der Waals surface area contributed by atoms with Crippen LogP contribution in [0.1, 0.15) is 89.5 Å². The molecule has 0 aromatic heterocycles. The van der Waals surface area contributed by atoms with E-state index in [1.165, 1.54) is 88.8 Å². The number of hydrogen-bond donors (Lipinski definition) is 0. The molecule has 2 rings (SSSR count). The number of rotatable bonds is 16. The molecule has 0 saturated carbocycles. The minimum atomic E-state index is -4.57. The number of benzene rings is 2. The van der Waals surface area contributed by atoms with Gasteiger partial charge in [0.2, 0.25) is 0 Å². The molecule has 0 unspecified atom stereocenters. The normalized spacial score (nSPS) is 11.2. The van der Waals surface area contributed by atoms with Gasteiger partial charge in [0, 0.05) is 0 Å². The zero-order valence-electron chi connectivity index (χ0n) is 19.9. The van der Waals surface area contributed by atoms with E-state index in [0.29, 0.717) is 5.75 Å². The number of hydrogen-bond acceptors (Lipinski definition) is 4. The maximum atomic E-state index is 11.4. The average Bonchev–Trinajstić information content (AvgIpc) is 2.74. The van der Waals surface area contributed by atoms with Crippen molar-refractivity contribution < 1.29 is 47.3 Å². The molecule has 0 heterocycles. The molecule has 6 heteroatoms. The molecule has 172 valence electrons. The molecule has 0 aliphatic heterocycles. The predicted molar refractivity (Wildman–Crippen MR) is 126 cm³/mol. The molecule has 0 radical (unpaired) electrons. The molecule has 2 aromatic carbocycles. The Morgan fingerprint density at radius 2 is 1.31 bits per heavy atom. The van der Waals surface area contributed by atoms with Crippen LogP contribution in [0, 0.1) is 0 Å². The second-order valence-corrected chi connectivity index (χ2v) is 9.64. The van der Waals surface area contributed by atoms with Crippen LogP contribution in [-0.4, -0.2) is 13.0 Å². The molecule has 0 fully saturated rings. The Balaban J connectivity index is 0.00000512. The molecule has 0 bridgehead atoms. The maximum Gasteiger partial charge on any atom is 1.00 e. The van der Waals surface area contributed by atoms with Gasteiger partial charge in [0.15, 0.2) is 0 Å². The third-order valence-electron chi connectivity index (χ3n) is 5.56. The van der Waals surface area contributed by atoms with Gasteiger partial charge in [-0.15, -0.1) is 0 Å². The second kappa shape index (κ2) is 16.7. The Morgan fingerprint density at radius 1 is 0.750 bits per heavy atom. The first kappa shape index (κ1) is 29.2. The molecular formula is C26H37NaO4S. The number of para-hydroxylation sites is 1.